The van der Waals surface area contributed by atoms with Gasteiger partial charge in [0.15, 0.2) is 0 Å². The Bertz CT molecular complexity index is 773. The van der Waals surface area contributed by atoms with Crippen LogP contribution < -0.4 is 5.73 Å². The summed E-state index contributed by atoms with van der Waals surface area (Å²) in [5.74, 6) is 1.31. The number of amides is 1. The van der Waals surface area contributed by atoms with Crippen LogP contribution in [0.5, 0.6) is 0 Å². The quantitative estimate of drug-likeness (QED) is 0.766. The molecule has 0 saturated carbocycles. The SMILES string of the molecule is CCCC[C@H]1c2nc(-c3ccccc3C)cn2CCN1C(=O)[C@@H](N)CS. The van der Waals surface area contributed by atoms with Gasteiger partial charge in [0.2, 0.25) is 5.91 Å². The van der Waals surface area contributed by atoms with Crippen molar-refractivity contribution in [3.63, 3.8) is 0 Å². The zero-order chi connectivity index (χ0) is 18.7. The highest BCUT2D eigenvalue weighted by Gasteiger charge is 2.34. The second-order valence-electron chi connectivity index (χ2n) is 6.97. The van der Waals surface area contributed by atoms with Crippen molar-refractivity contribution in [1.29, 1.82) is 0 Å². The Morgan fingerprint density at radius 2 is 2.15 bits per heavy atom. The Morgan fingerprint density at radius 3 is 2.85 bits per heavy atom. The van der Waals surface area contributed by atoms with Crippen molar-refractivity contribution in [2.24, 2.45) is 5.73 Å². The molecule has 26 heavy (non-hydrogen) atoms. The Labute approximate surface area is 161 Å². The summed E-state index contributed by atoms with van der Waals surface area (Å²) in [4.78, 5) is 19.6. The minimum atomic E-state index is -0.556. The van der Waals surface area contributed by atoms with Gasteiger partial charge in [-0.05, 0) is 18.9 Å². The van der Waals surface area contributed by atoms with Crippen LogP contribution >= 0.6 is 12.6 Å². The van der Waals surface area contributed by atoms with Gasteiger partial charge in [-0.3, -0.25) is 4.79 Å². The molecule has 1 aromatic heterocycles. The molecule has 1 amide bonds. The highest BCUT2D eigenvalue weighted by atomic mass is 32.1. The molecule has 5 nitrogen and oxygen atoms in total. The minimum Gasteiger partial charge on any atom is -0.331 e. The number of aromatic nitrogens is 2. The smallest absolute Gasteiger partial charge is 0.241 e. The lowest BCUT2D eigenvalue weighted by atomic mass is 10.0. The zero-order valence-electron chi connectivity index (χ0n) is 15.6. The average Bonchev–Trinajstić information content (AvgIpc) is 3.09. The average molecular weight is 373 g/mol. The van der Waals surface area contributed by atoms with Crippen LogP contribution in [0.15, 0.2) is 30.5 Å². The van der Waals surface area contributed by atoms with Gasteiger partial charge in [0, 0.05) is 30.6 Å². The van der Waals surface area contributed by atoms with Gasteiger partial charge in [0.25, 0.3) is 0 Å². The lowest BCUT2D eigenvalue weighted by molar-refractivity contribution is -0.136. The van der Waals surface area contributed by atoms with Gasteiger partial charge in [-0.1, -0.05) is 44.0 Å². The molecule has 140 valence electrons. The highest BCUT2D eigenvalue weighted by molar-refractivity contribution is 7.80. The van der Waals surface area contributed by atoms with Crippen molar-refractivity contribution < 1.29 is 4.79 Å². The van der Waals surface area contributed by atoms with Crippen LogP contribution in [-0.4, -0.2) is 38.7 Å². The van der Waals surface area contributed by atoms with Crippen molar-refractivity contribution in [3.05, 3.63) is 41.9 Å². The molecule has 1 aromatic carbocycles. The van der Waals surface area contributed by atoms with E-state index in [9.17, 15) is 4.79 Å². The maximum atomic E-state index is 12.8. The summed E-state index contributed by atoms with van der Waals surface area (Å²) in [6, 6.07) is 7.71. The van der Waals surface area contributed by atoms with Crippen molar-refractivity contribution in [1.82, 2.24) is 14.5 Å². The zero-order valence-corrected chi connectivity index (χ0v) is 16.5. The normalized spacial score (nSPS) is 17.8. The lowest BCUT2D eigenvalue weighted by Gasteiger charge is -2.37. The van der Waals surface area contributed by atoms with Crippen LogP contribution in [0.4, 0.5) is 0 Å². The number of rotatable bonds is 6. The number of imidazole rings is 1. The van der Waals surface area contributed by atoms with E-state index < -0.39 is 6.04 Å². The summed E-state index contributed by atoms with van der Waals surface area (Å²) in [5, 5.41) is 0. The molecule has 0 spiro atoms. The third-order valence-corrected chi connectivity index (χ3v) is 5.51. The summed E-state index contributed by atoms with van der Waals surface area (Å²) in [5.41, 5.74) is 9.31. The van der Waals surface area contributed by atoms with E-state index in [1.165, 1.54) is 5.56 Å². The monoisotopic (exact) mass is 372 g/mol. The Kier molecular flexibility index (Phi) is 6.04. The van der Waals surface area contributed by atoms with E-state index in [1.54, 1.807) is 0 Å². The van der Waals surface area contributed by atoms with E-state index >= 15 is 0 Å². The first-order valence-electron chi connectivity index (χ1n) is 9.36. The molecule has 1 aliphatic rings. The number of aryl methyl sites for hydroxylation is 1. The van der Waals surface area contributed by atoms with Crippen LogP contribution in [0.2, 0.25) is 0 Å². The first kappa shape index (κ1) is 19.0. The molecule has 0 saturated heterocycles. The van der Waals surface area contributed by atoms with Crippen molar-refractivity contribution in [2.45, 2.75) is 51.7 Å². The first-order valence-corrected chi connectivity index (χ1v) is 10.00. The number of carbonyl (C=O) groups is 1. The fourth-order valence-electron chi connectivity index (χ4n) is 3.61. The van der Waals surface area contributed by atoms with Crippen LogP contribution in [0, 0.1) is 6.92 Å². The van der Waals surface area contributed by atoms with Crippen LogP contribution in [0.3, 0.4) is 0 Å². The summed E-state index contributed by atoms with van der Waals surface area (Å²) < 4.78 is 2.21. The van der Waals surface area contributed by atoms with E-state index in [4.69, 9.17) is 10.7 Å². The fraction of sp³-hybridized carbons (Fsp3) is 0.500. The molecule has 0 bridgehead atoms. The van der Waals surface area contributed by atoms with Gasteiger partial charge < -0.3 is 15.2 Å². The van der Waals surface area contributed by atoms with E-state index in [0.717, 1.165) is 42.9 Å². The molecule has 6 heteroatoms. The van der Waals surface area contributed by atoms with Crippen LogP contribution in [0.25, 0.3) is 11.3 Å². The van der Waals surface area contributed by atoms with Gasteiger partial charge in [-0.2, -0.15) is 12.6 Å². The molecule has 3 rings (SSSR count). The predicted octanol–water partition coefficient (Wildman–Crippen LogP) is 3.19. The number of hydrogen-bond acceptors (Lipinski definition) is 4. The number of thiol groups is 1. The van der Waals surface area contributed by atoms with E-state index in [2.05, 4.69) is 49.4 Å². The van der Waals surface area contributed by atoms with Crippen LogP contribution in [-0.2, 0) is 11.3 Å². The Morgan fingerprint density at radius 1 is 1.38 bits per heavy atom. The molecular weight excluding hydrogens is 344 g/mol. The summed E-state index contributed by atoms with van der Waals surface area (Å²) in [7, 11) is 0. The number of nitrogens with zero attached hydrogens (tertiary/aromatic N) is 3. The minimum absolute atomic E-state index is 0.0140. The maximum Gasteiger partial charge on any atom is 0.241 e. The number of unbranched alkanes of at least 4 members (excludes halogenated alkanes) is 1. The lowest BCUT2D eigenvalue weighted by Crippen LogP contribution is -2.50. The Balaban J connectivity index is 1.96. The molecule has 2 aromatic rings. The largest absolute Gasteiger partial charge is 0.331 e. The number of carbonyl (C=O) groups excluding carboxylic acids is 1. The fourth-order valence-corrected chi connectivity index (χ4v) is 3.77. The summed E-state index contributed by atoms with van der Waals surface area (Å²) >= 11 is 4.20. The van der Waals surface area contributed by atoms with Gasteiger partial charge >= 0.3 is 0 Å². The molecule has 0 unspecified atom stereocenters. The van der Waals surface area contributed by atoms with E-state index in [-0.39, 0.29) is 11.9 Å². The van der Waals surface area contributed by atoms with E-state index in [1.807, 2.05) is 17.0 Å². The van der Waals surface area contributed by atoms with Gasteiger partial charge in [0.1, 0.15) is 5.82 Å². The molecular formula is C20H28N4OS. The third-order valence-electron chi connectivity index (χ3n) is 5.11. The molecule has 0 fully saturated rings. The molecule has 2 heterocycles. The topological polar surface area (TPSA) is 64.2 Å². The molecule has 2 atom stereocenters. The number of benzene rings is 1. The number of nitrogens with two attached hydrogens (primary N) is 1. The first-order chi connectivity index (χ1) is 12.6. The number of hydrogen-bond donors (Lipinski definition) is 2. The predicted molar refractivity (Wildman–Crippen MR) is 108 cm³/mol. The van der Waals surface area contributed by atoms with Gasteiger partial charge in [-0.25, -0.2) is 4.98 Å². The highest BCUT2D eigenvalue weighted by Crippen LogP contribution is 2.33. The summed E-state index contributed by atoms with van der Waals surface area (Å²) in [6.07, 6.45) is 5.17. The molecule has 0 radical (unpaired) electrons. The maximum absolute atomic E-state index is 12.8. The molecule has 0 aliphatic carbocycles. The molecule has 2 N–H and O–H groups in total. The van der Waals surface area contributed by atoms with Crippen molar-refractivity contribution >= 4 is 18.5 Å². The van der Waals surface area contributed by atoms with Crippen LogP contribution in [0.1, 0.15) is 43.6 Å². The number of fused-ring (bicyclic) bond motifs is 1. The van der Waals surface area contributed by atoms with Crippen molar-refractivity contribution in [3.8, 4) is 11.3 Å². The third kappa shape index (κ3) is 3.67. The standard InChI is InChI=1S/C20H28N4OS/c1-3-4-9-18-19-22-17(15-8-6-5-7-14(15)2)12-23(19)10-11-24(18)20(25)16(21)13-26/h5-8,12,16,18,26H,3-4,9-11,13,21H2,1-2H3/t16-,18-/m0/s1. The Hall–Kier alpha value is -1.79. The summed E-state index contributed by atoms with van der Waals surface area (Å²) in [6.45, 7) is 5.69. The van der Waals surface area contributed by atoms with Gasteiger partial charge in [0.05, 0.1) is 17.8 Å². The van der Waals surface area contributed by atoms with Gasteiger partial charge in [-0.15, -0.1) is 0 Å². The van der Waals surface area contributed by atoms with E-state index in [0.29, 0.717) is 12.3 Å². The van der Waals surface area contributed by atoms with Crippen molar-refractivity contribution in [2.75, 3.05) is 12.3 Å². The molecule has 1 aliphatic heterocycles. The second kappa shape index (κ2) is 8.27. The second-order valence-corrected chi connectivity index (χ2v) is 7.34.